The van der Waals surface area contributed by atoms with Gasteiger partial charge < -0.3 is 11.1 Å². The molecule has 1 aromatic carbocycles. The standard InChI is InChI=1S/C19H21N5/c1-12(2)18-9-17(23-19-13(3)10-22-24(18)19)14(4)21-11-15-6-5-7-16(20)8-15/h5-10,21H,1,4,11,20H2,2-3H3. The summed E-state index contributed by atoms with van der Waals surface area (Å²) in [6, 6.07) is 9.73. The Morgan fingerprint density at radius 2 is 2.08 bits per heavy atom. The lowest BCUT2D eigenvalue weighted by Crippen LogP contribution is -2.13. The van der Waals surface area contributed by atoms with Gasteiger partial charge in [0.2, 0.25) is 0 Å². The molecule has 0 bridgehead atoms. The molecule has 2 aromatic heterocycles. The molecule has 0 saturated carbocycles. The highest BCUT2D eigenvalue weighted by molar-refractivity contribution is 5.68. The highest BCUT2D eigenvalue weighted by atomic mass is 15.3. The second kappa shape index (κ2) is 6.20. The monoisotopic (exact) mass is 319 g/mol. The van der Waals surface area contributed by atoms with E-state index < -0.39 is 0 Å². The first-order valence-electron chi connectivity index (χ1n) is 7.74. The van der Waals surface area contributed by atoms with Crippen molar-refractivity contribution < 1.29 is 0 Å². The van der Waals surface area contributed by atoms with Gasteiger partial charge in [-0.3, -0.25) is 0 Å². The van der Waals surface area contributed by atoms with Crippen LogP contribution in [0.5, 0.6) is 0 Å². The average molecular weight is 319 g/mol. The SMILES string of the molecule is C=C(NCc1cccc(N)c1)c1cc(C(=C)C)n2ncc(C)c2n1. The first-order valence-corrected chi connectivity index (χ1v) is 7.74. The second-order valence-corrected chi connectivity index (χ2v) is 5.95. The summed E-state index contributed by atoms with van der Waals surface area (Å²) in [6.07, 6.45) is 1.81. The Hall–Kier alpha value is -3.08. The maximum atomic E-state index is 5.81. The van der Waals surface area contributed by atoms with E-state index in [2.05, 4.69) is 28.6 Å². The third kappa shape index (κ3) is 3.01. The number of aromatic nitrogens is 3. The molecule has 24 heavy (non-hydrogen) atoms. The largest absolute Gasteiger partial charge is 0.399 e. The third-order valence-corrected chi connectivity index (χ3v) is 3.85. The van der Waals surface area contributed by atoms with Gasteiger partial charge in [0.05, 0.1) is 23.3 Å². The quantitative estimate of drug-likeness (QED) is 0.707. The van der Waals surface area contributed by atoms with E-state index in [4.69, 9.17) is 5.73 Å². The molecular formula is C19H21N5. The van der Waals surface area contributed by atoms with Crippen LogP contribution in [0.4, 0.5) is 5.69 Å². The van der Waals surface area contributed by atoms with E-state index in [9.17, 15) is 0 Å². The number of allylic oxidation sites excluding steroid dienone is 1. The van der Waals surface area contributed by atoms with E-state index in [0.29, 0.717) is 6.54 Å². The molecule has 3 aromatic rings. The molecule has 5 heteroatoms. The molecule has 0 saturated heterocycles. The molecule has 0 fully saturated rings. The maximum Gasteiger partial charge on any atom is 0.159 e. The summed E-state index contributed by atoms with van der Waals surface area (Å²) < 4.78 is 1.81. The minimum absolute atomic E-state index is 0.636. The minimum Gasteiger partial charge on any atom is -0.399 e. The van der Waals surface area contributed by atoms with Crippen LogP contribution in [-0.2, 0) is 6.54 Å². The van der Waals surface area contributed by atoms with Crippen LogP contribution in [0, 0.1) is 6.92 Å². The van der Waals surface area contributed by atoms with Crippen molar-refractivity contribution in [1.82, 2.24) is 19.9 Å². The van der Waals surface area contributed by atoms with Gasteiger partial charge in [0.15, 0.2) is 5.65 Å². The molecule has 5 nitrogen and oxygen atoms in total. The van der Waals surface area contributed by atoms with Crippen LogP contribution < -0.4 is 11.1 Å². The average Bonchev–Trinajstić information content (AvgIpc) is 2.93. The Morgan fingerprint density at radius 1 is 1.29 bits per heavy atom. The first kappa shape index (κ1) is 15.8. The van der Waals surface area contributed by atoms with E-state index in [0.717, 1.165) is 45.1 Å². The molecule has 3 N–H and O–H groups in total. The molecule has 0 aliphatic carbocycles. The van der Waals surface area contributed by atoms with E-state index in [1.54, 1.807) is 0 Å². The van der Waals surface area contributed by atoms with Crippen molar-refractivity contribution in [2.75, 3.05) is 5.73 Å². The van der Waals surface area contributed by atoms with Crippen molar-refractivity contribution >= 4 is 22.6 Å². The number of nitrogens with zero attached hydrogens (tertiary/aromatic N) is 3. The van der Waals surface area contributed by atoms with Crippen molar-refractivity contribution in [2.45, 2.75) is 20.4 Å². The lowest BCUT2D eigenvalue weighted by molar-refractivity contribution is 0.874. The van der Waals surface area contributed by atoms with Gasteiger partial charge in [0.1, 0.15) is 0 Å². The lowest BCUT2D eigenvalue weighted by Gasteiger charge is -2.12. The van der Waals surface area contributed by atoms with Crippen LogP contribution in [0.1, 0.15) is 29.4 Å². The van der Waals surface area contributed by atoms with Gasteiger partial charge in [-0.15, -0.1) is 0 Å². The van der Waals surface area contributed by atoms with Gasteiger partial charge in [-0.2, -0.15) is 5.10 Å². The van der Waals surface area contributed by atoms with E-state index >= 15 is 0 Å². The Kier molecular flexibility index (Phi) is 4.08. The molecule has 0 radical (unpaired) electrons. The Balaban J connectivity index is 1.89. The zero-order chi connectivity index (χ0) is 17.3. The van der Waals surface area contributed by atoms with Crippen LogP contribution in [0.25, 0.3) is 16.9 Å². The van der Waals surface area contributed by atoms with Gasteiger partial charge in [0.25, 0.3) is 0 Å². The molecule has 0 atom stereocenters. The number of aryl methyl sites for hydroxylation is 1. The first-order chi connectivity index (χ1) is 11.5. The molecule has 2 heterocycles. The van der Waals surface area contributed by atoms with Crippen molar-refractivity contribution in [3.8, 4) is 0 Å². The van der Waals surface area contributed by atoms with Crippen LogP contribution in [0.3, 0.4) is 0 Å². The highest BCUT2D eigenvalue weighted by Gasteiger charge is 2.11. The minimum atomic E-state index is 0.636. The number of nitrogens with one attached hydrogen (secondary N) is 1. The second-order valence-electron chi connectivity index (χ2n) is 5.95. The number of fused-ring (bicyclic) bond motifs is 1. The van der Waals surface area contributed by atoms with E-state index in [1.165, 1.54) is 0 Å². The van der Waals surface area contributed by atoms with Gasteiger partial charge in [-0.05, 0) is 43.2 Å². The number of rotatable bonds is 5. The van der Waals surface area contributed by atoms with Crippen molar-refractivity contribution in [3.63, 3.8) is 0 Å². The molecule has 0 spiro atoms. The Labute approximate surface area is 141 Å². The smallest absolute Gasteiger partial charge is 0.159 e. The number of anilines is 1. The number of hydrogen-bond donors (Lipinski definition) is 2. The van der Waals surface area contributed by atoms with Gasteiger partial charge in [0, 0.05) is 17.8 Å². The van der Waals surface area contributed by atoms with E-state index in [1.807, 2.05) is 54.9 Å². The Morgan fingerprint density at radius 3 is 2.79 bits per heavy atom. The fourth-order valence-corrected chi connectivity index (χ4v) is 2.53. The van der Waals surface area contributed by atoms with Crippen LogP contribution >= 0.6 is 0 Å². The Bertz CT molecular complexity index is 936. The third-order valence-electron chi connectivity index (χ3n) is 3.85. The number of hydrogen-bond acceptors (Lipinski definition) is 4. The van der Waals surface area contributed by atoms with E-state index in [-0.39, 0.29) is 0 Å². The fraction of sp³-hybridized carbons (Fsp3) is 0.158. The molecular weight excluding hydrogens is 298 g/mol. The predicted octanol–water partition coefficient (Wildman–Crippen LogP) is 3.41. The zero-order valence-corrected chi connectivity index (χ0v) is 14.0. The van der Waals surface area contributed by atoms with Crippen molar-refractivity contribution in [3.05, 3.63) is 72.2 Å². The number of benzene rings is 1. The van der Waals surface area contributed by atoms with Crippen molar-refractivity contribution in [1.29, 1.82) is 0 Å². The highest BCUT2D eigenvalue weighted by Crippen LogP contribution is 2.20. The summed E-state index contributed by atoms with van der Waals surface area (Å²) in [5.41, 5.74) is 12.9. The summed E-state index contributed by atoms with van der Waals surface area (Å²) in [7, 11) is 0. The number of nitrogens with two attached hydrogens (primary N) is 1. The fourth-order valence-electron chi connectivity index (χ4n) is 2.53. The normalized spacial score (nSPS) is 10.8. The predicted molar refractivity (Wildman–Crippen MR) is 99.2 cm³/mol. The lowest BCUT2D eigenvalue weighted by atomic mass is 10.1. The summed E-state index contributed by atoms with van der Waals surface area (Å²) in [5, 5.41) is 7.69. The van der Waals surface area contributed by atoms with Crippen LogP contribution in [0.15, 0.2) is 49.7 Å². The molecule has 0 amide bonds. The maximum absolute atomic E-state index is 5.81. The summed E-state index contributed by atoms with van der Waals surface area (Å²) in [5.74, 6) is 0. The topological polar surface area (TPSA) is 68.2 Å². The molecule has 0 unspecified atom stereocenters. The van der Waals surface area contributed by atoms with Crippen molar-refractivity contribution in [2.24, 2.45) is 0 Å². The summed E-state index contributed by atoms with van der Waals surface area (Å²) >= 11 is 0. The van der Waals surface area contributed by atoms with Crippen LogP contribution in [0.2, 0.25) is 0 Å². The summed E-state index contributed by atoms with van der Waals surface area (Å²) in [6.45, 7) is 12.7. The van der Waals surface area contributed by atoms with Gasteiger partial charge >= 0.3 is 0 Å². The van der Waals surface area contributed by atoms with Gasteiger partial charge in [-0.25, -0.2) is 9.50 Å². The molecule has 0 aliphatic rings. The molecule has 0 aliphatic heterocycles. The summed E-state index contributed by atoms with van der Waals surface area (Å²) in [4.78, 5) is 4.68. The van der Waals surface area contributed by atoms with Gasteiger partial charge in [-0.1, -0.05) is 25.3 Å². The zero-order valence-electron chi connectivity index (χ0n) is 14.0. The number of nitrogen functional groups attached to an aromatic ring is 1. The molecule has 3 rings (SSSR count). The molecule has 122 valence electrons. The van der Waals surface area contributed by atoms with Crippen LogP contribution in [-0.4, -0.2) is 14.6 Å².